The molecule has 1 N–H and O–H groups in total. The summed E-state index contributed by atoms with van der Waals surface area (Å²) in [5.41, 5.74) is 2.01. The third-order valence-electron chi connectivity index (χ3n) is 6.70. The van der Waals surface area contributed by atoms with Gasteiger partial charge < -0.3 is 10.1 Å². The lowest BCUT2D eigenvalue weighted by atomic mass is 9.92. The van der Waals surface area contributed by atoms with Crippen LogP contribution < -0.4 is 10.9 Å². The van der Waals surface area contributed by atoms with Gasteiger partial charge in [-0.25, -0.2) is 9.07 Å². The largest absolute Gasteiger partial charge is 0.384 e. The van der Waals surface area contributed by atoms with Crippen LogP contribution in [-0.4, -0.2) is 49.4 Å². The topological polar surface area (TPSA) is 117 Å². The number of rotatable bonds is 8. The van der Waals surface area contributed by atoms with Crippen LogP contribution in [0.5, 0.6) is 0 Å². The molecule has 10 nitrogen and oxygen atoms in total. The Kier molecular flexibility index (Phi) is 6.38. The van der Waals surface area contributed by atoms with Gasteiger partial charge in [0.1, 0.15) is 11.5 Å². The van der Waals surface area contributed by atoms with Gasteiger partial charge in [0.05, 0.1) is 36.4 Å². The van der Waals surface area contributed by atoms with Gasteiger partial charge in [-0.05, 0) is 37.5 Å². The van der Waals surface area contributed by atoms with Gasteiger partial charge in [-0.1, -0.05) is 23.4 Å². The summed E-state index contributed by atoms with van der Waals surface area (Å²) < 4.78 is 23.5. The van der Waals surface area contributed by atoms with Gasteiger partial charge >= 0.3 is 0 Å². The molecular formula is C26H26FN7O3. The normalized spacial score (nSPS) is 14.8. The standard InChI is InChI=1S/C26H26FN7O3/c1-16(19-5-4-6-20(24(19)27)26(9-10-26)15-37-3)30-25(36)21-7-8-23(35)34(31-21)18-11-17(12-28-13-18)22-14-29-32-33(22)2/h4-8,11-14,16H,9-10,15H2,1-3H3,(H,30,36)/t16-/m1/s1. The Labute approximate surface area is 212 Å². The van der Waals surface area contributed by atoms with Crippen molar-refractivity contribution in [2.45, 2.75) is 31.2 Å². The number of amides is 1. The zero-order valence-electron chi connectivity index (χ0n) is 20.7. The van der Waals surface area contributed by atoms with Gasteiger partial charge in [-0.15, -0.1) is 5.10 Å². The van der Waals surface area contributed by atoms with E-state index in [9.17, 15) is 9.59 Å². The molecule has 37 heavy (non-hydrogen) atoms. The molecular weight excluding hydrogens is 477 g/mol. The molecule has 190 valence electrons. The smallest absolute Gasteiger partial charge is 0.272 e. The van der Waals surface area contributed by atoms with Crippen LogP contribution in [0.2, 0.25) is 0 Å². The molecule has 0 spiro atoms. The number of nitrogens with zero attached hydrogens (tertiary/aromatic N) is 6. The van der Waals surface area contributed by atoms with Crippen LogP contribution in [0.3, 0.4) is 0 Å². The van der Waals surface area contributed by atoms with Gasteiger partial charge in [-0.2, -0.15) is 9.78 Å². The molecule has 1 atom stereocenters. The van der Waals surface area contributed by atoms with Crippen LogP contribution in [-0.2, 0) is 17.2 Å². The van der Waals surface area contributed by atoms with E-state index in [0.29, 0.717) is 34.7 Å². The maximum Gasteiger partial charge on any atom is 0.272 e. The minimum atomic E-state index is -0.629. The molecule has 0 bridgehead atoms. The molecule has 1 aliphatic carbocycles. The Balaban J connectivity index is 1.40. The fourth-order valence-corrected chi connectivity index (χ4v) is 4.51. The number of hydrogen-bond acceptors (Lipinski definition) is 7. The summed E-state index contributed by atoms with van der Waals surface area (Å²) in [5, 5.41) is 14.8. The summed E-state index contributed by atoms with van der Waals surface area (Å²) in [5.74, 6) is -0.876. The zero-order valence-corrected chi connectivity index (χ0v) is 20.7. The monoisotopic (exact) mass is 503 g/mol. The third kappa shape index (κ3) is 4.65. The lowest BCUT2D eigenvalue weighted by molar-refractivity contribution is 0.0932. The Morgan fingerprint density at radius 3 is 2.73 bits per heavy atom. The molecule has 1 fully saturated rings. The van der Waals surface area contributed by atoms with Gasteiger partial charge in [0.25, 0.3) is 11.5 Å². The first-order chi connectivity index (χ1) is 17.8. The maximum atomic E-state index is 15.5. The van der Waals surface area contributed by atoms with Crippen LogP contribution in [0.15, 0.2) is 59.8 Å². The number of benzene rings is 1. The first-order valence-electron chi connectivity index (χ1n) is 11.8. The highest BCUT2D eigenvalue weighted by Crippen LogP contribution is 2.49. The van der Waals surface area contributed by atoms with Gasteiger partial charge in [0.15, 0.2) is 0 Å². The molecule has 11 heteroatoms. The van der Waals surface area contributed by atoms with E-state index in [0.717, 1.165) is 17.5 Å². The lowest BCUT2D eigenvalue weighted by Crippen LogP contribution is -2.31. The van der Waals surface area contributed by atoms with E-state index in [1.165, 1.54) is 18.3 Å². The van der Waals surface area contributed by atoms with Crippen molar-refractivity contribution in [1.29, 1.82) is 0 Å². The number of nitrogens with one attached hydrogen (secondary N) is 1. The van der Waals surface area contributed by atoms with Crippen molar-refractivity contribution >= 4 is 5.91 Å². The molecule has 1 amide bonds. The second kappa shape index (κ2) is 9.66. The summed E-state index contributed by atoms with van der Waals surface area (Å²) in [6, 6.07) is 8.91. The van der Waals surface area contributed by atoms with Crippen molar-refractivity contribution in [3.8, 4) is 16.9 Å². The van der Waals surface area contributed by atoms with Gasteiger partial charge in [0.2, 0.25) is 0 Å². The van der Waals surface area contributed by atoms with Crippen LogP contribution in [0, 0.1) is 5.82 Å². The van der Waals surface area contributed by atoms with Gasteiger partial charge in [0, 0.05) is 43.0 Å². The van der Waals surface area contributed by atoms with Crippen molar-refractivity contribution in [3.63, 3.8) is 0 Å². The van der Waals surface area contributed by atoms with E-state index in [1.54, 1.807) is 62.4 Å². The van der Waals surface area contributed by atoms with E-state index in [1.807, 2.05) is 0 Å². The summed E-state index contributed by atoms with van der Waals surface area (Å²) in [4.78, 5) is 29.9. The van der Waals surface area contributed by atoms with Crippen molar-refractivity contribution in [1.82, 2.24) is 35.1 Å². The number of aryl methyl sites for hydroxylation is 1. The molecule has 1 saturated carbocycles. The highest BCUT2D eigenvalue weighted by molar-refractivity contribution is 5.92. The summed E-state index contributed by atoms with van der Waals surface area (Å²) in [6.45, 7) is 2.16. The van der Waals surface area contributed by atoms with Crippen LogP contribution in [0.4, 0.5) is 4.39 Å². The average molecular weight is 504 g/mol. The minimum absolute atomic E-state index is 0.00802. The minimum Gasteiger partial charge on any atom is -0.384 e. The molecule has 1 aliphatic rings. The van der Waals surface area contributed by atoms with Crippen LogP contribution >= 0.6 is 0 Å². The molecule has 0 aliphatic heterocycles. The van der Waals surface area contributed by atoms with E-state index in [2.05, 4.69) is 25.7 Å². The predicted octanol–water partition coefficient (Wildman–Crippen LogP) is 2.73. The van der Waals surface area contributed by atoms with Crippen molar-refractivity contribution in [2.24, 2.45) is 7.05 Å². The first kappa shape index (κ1) is 24.4. The maximum absolute atomic E-state index is 15.5. The molecule has 3 aromatic heterocycles. The lowest BCUT2D eigenvalue weighted by Gasteiger charge is -2.20. The summed E-state index contributed by atoms with van der Waals surface area (Å²) in [7, 11) is 3.35. The fourth-order valence-electron chi connectivity index (χ4n) is 4.51. The number of hydrogen-bond donors (Lipinski definition) is 1. The number of pyridine rings is 1. The highest BCUT2D eigenvalue weighted by Gasteiger charge is 2.46. The Hall–Kier alpha value is -4.25. The summed E-state index contributed by atoms with van der Waals surface area (Å²) in [6.07, 6.45) is 6.39. The fraction of sp³-hybridized carbons (Fsp3) is 0.308. The number of methoxy groups -OCH3 is 1. The third-order valence-corrected chi connectivity index (χ3v) is 6.70. The van der Waals surface area contributed by atoms with Crippen molar-refractivity contribution in [2.75, 3.05) is 13.7 Å². The van der Waals surface area contributed by atoms with E-state index in [4.69, 9.17) is 4.74 Å². The van der Waals surface area contributed by atoms with E-state index >= 15 is 4.39 Å². The number of aromatic nitrogens is 6. The highest BCUT2D eigenvalue weighted by atomic mass is 19.1. The molecule has 3 heterocycles. The van der Waals surface area contributed by atoms with Crippen molar-refractivity contribution < 1.29 is 13.9 Å². The number of ether oxygens (including phenoxy) is 1. The number of carbonyl (C=O) groups excluding carboxylic acids is 1. The second-order valence-electron chi connectivity index (χ2n) is 9.26. The number of halogens is 1. The second-order valence-corrected chi connectivity index (χ2v) is 9.26. The average Bonchev–Trinajstić information content (AvgIpc) is 3.54. The Bertz CT molecular complexity index is 1530. The van der Waals surface area contributed by atoms with Crippen molar-refractivity contribution in [3.05, 3.63) is 88.0 Å². The molecule has 0 radical (unpaired) electrons. The van der Waals surface area contributed by atoms with Gasteiger partial charge in [-0.3, -0.25) is 14.6 Å². The Morgan fingerprint density at radius 2 is 2.03 bits per heavy atom. The number of carbonyl (C=O) groups is 1. The molecule has 4 aromatic rings. The van der Waals surface area contributed by atoms with E-state index in [-0.39, 0.29) is 16.9 Å². The quantitative estimate of drug-likeness (QED) is 0.393. The molecule has 0 unspecified atom stereocenters. The van der Waals surface area contributed by atoms with Crippen LogP contribution in [0.25, 0.3) is 16.9 Å². The van der Waals surface area contributed by atoms with Crippen LogP contribution in [0.1, 0.15) is 47.4 Å². The molecule has 0 saturated heterocycles. The SMILES string of the molecule is COCC1(c2cccc([C@@H](C)NC(=O)c3ccc(=O)n(-c4cncc(-c5cnnn5C)c4)n3)c2F)CC1. The summed E-state index contributed by atoms with van der Waals surface area (Å²) >= 11 is 0. The predicted molar refractivity (Wildman–Crippen MR) is 133 cm³/mol. The molecule has 1 aromatic carbocycles. The zero-order chi connectivity index (χ0) is 26.2. The Morgan fingerprint density at radius 1 is 1.22 bits per heavy atom. The molecule has 5 rings (SSSR count). The van der Waals surface area contributed by atoms with E-state index < -0.39 is 17.5 Å². The first-order valence-corrected chi connectivity index (χ1v) is 11.8.